The summed E-state index contributed by atoms with van der Waals surface area (Å²) in [4.78, 5) is 1.93. The summed E-state index contributed by atoms with van der Waals surface area (Å²) in [6.45, 7) is 1.69. The van der Waals surface area contributed by atoms with E-state index in [2.05, 4.69) is 0 Å². The van der Waals surface area contributed by atoms with Crippen molar-refractivity contribution in [3.05, 3.63) is 0 Å². The lowest BCUT2D eigenvalue weighted by atomic mass is 9.97. The van der Waals surface area contributed by atoms with Crippen LogP contribution in [0.25, 0.3) is 0 Å². The Balaban J connectivity index is 1.73. The van der Waals surface area contributed by atoms with E-state index in [0.717, 1.165) is 19.5 Å². The van der Waals surface area contributed by atoms with E-state index in [1.165, 1.54) is 12.8 Å². The van der Waals surface area contributed by atoms with Crippen molar-refractivity contribution < 1.29 is 13.2 Å². The highest BCUT2D eigenvalue weighted by Gasteiger charge is 2.41. The van der Waals surface area contributed by atoms with Crippen LogP contribution in [0, 0.1) is 11.8 Å². The molecule has 0 aromatic heterocycles. The van der Waals surface area contributed by atoms with E-state index in [1.54, 1.807) is 0 Å². The first kappa shape index (κ1) is 13.1. The van der Waals surface area contributed by atoms with Gasteiger partial charge < -0.3 is 10.6 Å². The molecule has 0 bridgehead atoms. The van der Waals surface area contributed by atoms with Crippen LogP contribution in [0.4, 0.5) is 13.2 Å². The van der Waals surface area contributed by atoms with Crippen LogP contribution >= 0.6 is 0 Å². The monoisotopic (exact) mass is 250 g/mol. The first-order chi connectivity index (χ1) is 7.97. The Morgan fingerprint density at radius 1 is 1.24 bits per heavy atom. The number of likely N-dealkylation sites (tertiary alicyclic amines) is 1. The van der Waals surface area contributed by atoms with E-state index >= 15 is 0 Å². The van der Waals surface area contributed by atoms with Crippen molar-refractivity contribution in [1.29, 1.82) is 0 Å². The second-order valence-corrected chi connectivity index (χ2v) is 5.47. The van der Waals surface area contributed by atoms with Crippen LogP contribution in [-0.2, 0) is 0 Å². The third-order valence-corrected chi connectivity index (χ3v) is 3.97. The summed E-state index contributed by atoms with van der Waals surface area (Å²) in [5, 5.41) is 0. The molecule has 2 atom stereocenters. The fourth-order valence-corrected chi connectivity index (χ4v) is 2.62. The van der Waals surface area contributed by atoms with Crippen LogP contribution in [0.2, 0.25) is 0 Å². The lowest BCUT2D eigenvalue weighted by Gasteiger charge is -2.34. The molecule has 1 heterocycles. The Bertz CT molecular complexity index is 251. The van der Waals surface area contributed by atoms with Gasteiger partial charge in [-0.3, -0.25) is 0 Å². The number of rotatable bonds is 4. The van der Waals surface area contributed by atoms with Gasteiger partial charge in [0.15, 0.2) is 0 Å². The second-order valence-electron chi connectivity index (χ2n) is 5.47. The molecule has 1 saturated carbocycles. The lowest BCUT2D eigenvalue weighted by Crippen LogP contribution is -2.43. The van der Waals surface area contributed by atoms with Gasteiger partial charge in [0.25, 0.3) is 0 Å². The molecule has 1 aliphatic carbocycles. The van der Waals surface area contributed by atoms with Crippen molar-refractivity contribution in [2.45, 2.75) is 44.3 Å². The summed E-state index contributed by atoms with van der Waals surface area (Å²) in [5.41, 5.74) is 5.97. The van der Waals surface area contributed by atoms with Crippen LogP contribution < -0.4 is 5.73 Å². The first-order valence-electron chi connectivity index (χ1n) is 6.51. The number of hydrogen-bond acceptors (Lipinski definition) is 2. The van der Waals surface area contributed by atoms with Crippen molar-refractivity contribution >= 4 is 0 Å². The lowest BCUT2D eigenvalue weighted by molar-refractivity contribution is -0.186. The van der Waals surface area contributed by atoms with Gasteiger partial charge in [0.1, 0.15) is 0 Å². The van der Waals surface area contributed by atoms with Gasteiger partial charge in [-0.15, -0.1) is 0 Å². The summed E-state index contributed by atoms with van der Waals surface area (Å²) < 4.78 is 37.8. The highest BCUT2D eigenvalue weighted by Crippen LogP contribution is 2.34. The average Bonchev–Trinajstić information content (AvgIpc) is 3.09. The summed E-state index contributed by atoms with van der Waals surface area (Å²) in [5.74, 6) is -0.494. The maximum atomic E-state index is 12.6. The topological polar surface area (TPSA) is 29.3 Å². The molecule has 100 valence electrons. The zero-order valence-corrected chi connectivity index (χ0v) is 10.0. The summed E-state index contributed by atoms with van der Waals surface area (Å²) in [6, 6.07) is 0.196. The standard InChI is InChI=1S/C12H21F3N2/c13-12(14,15)10-2-1-6-17(8-10)7-5-11(16)9-3-4-9/h9-11H,1-8,16H2. The molecule has 0 aromatic carbocycles. The molecule has 5 heteroatoms. The van der Waals surface area contributed by atoms with Crippen LogP contribution in [0.3, 0.4) is 0 Å². The molecule has 2 N–H and O–H groups in total. The van der Waals surface area contributed by atoms with E-state index in [0.29, 0.717) is 12.3 Å². The summed E-state index contributed by atoms with van der Waals surface area (Å²) in [7, 11) is 0. The molecule has 1 saturated heterocycles. The third kappa shape index (κ3) is 3.85. The van der Waals surface area contributed by atoms with Crippen molar-refractivity contribution in [2.75, 3.05) is 19.6 Å². The van der Waals surface area contributed by atoms with Crippen molar-refractivity contribution in [3.63, 3.8) is 0 Å². The molecule has 2 unspecified atom stereocenters. The SMILES string of the molecule is NC(CCN1CCCC(C(F)(F)F)C1)C1CC1. The predicted octanol–water partition coefficient (Wildman–Crippen LogP) is 2.39. The highest BCUT2D eigenvalue weighted by atomic mass is 19.4. The first-order valence-corrected chi connectivity index (χ1v) is 6.51. The molecular formula is C12H21F3N2. The zero-order chi connectivity index (χ0) is 12.5. The highest BCUT2D eigenvalue weighted by molar-refractivity contribution is 4.85. The minimum Gasteiger partial charge on any atom is -0.327 e. The van der Waals surface area contributed by atoms with Gasteiger partial charge in [-0.05, 0) is 51.1 Å². The second kappa shape index (κ2) is 5.14. The fraction of sp³-hybridized carbons (Fsp3) is 1.00. The Morgan fingerprint density at radius 2 is 1.94 bits per heavy atom. The van der Waals surface area contributed by atoms with Crippen molar-refractivity contribution in [2.24, 2.45) is 17.6 Å². The van der Waals surface area contributed by atoms with Crippen LogP contribution in [-0.4, -0.2) is 36.8 Å². The van der Waals surface area contributed by atoms with Gasteiger partial charge >= 0.3 is 6.18 Å². The zero-order valence-electron chi connectivity index (χ0n) is 10.0. The van der Waals surface area contributed by atoms with Gasteiger partial charge in [-0.25, -0.2) is 0 Å². The van der Waals surface area contributed by atoms with Gasteiger partial charge in [0, 0.05) is 12.6 Å². The van der Waals surface area contributed by atoms with E-state index in [-0.39, 0.29) is 19.0 Å². The number of alkyl halides is 3. The molecule has 0 aromatic rings. The quantitative estimate of drug-likeness (QED) is 0.830. The number of nitrogens with two attached hydrogens (primary N) is 1. The number of halogens is 3. The summed E-state index contributed by atoms with van der Waals surface area (Å²) >= 11 is 0. The number of piperidine rings is 1. The molecule has 2 nitrogen and oxygen atoms in total. The molecule has 1 aliphatic heterocycles. The van der Waals surface area contributed by atoms with Crippen LogP contribution in [0.1, 0.15) is 32.1 Å². The minimum absolute atomic E-state index is 0.168. The normalized spacial score (nSPS) is 29.3. The largest absolute Gasteiger partial charge is 0.393 e. The molecule has 0 amide bonds. The smallest absolute Gasteiger partial charge is 0.327 e. The van der Waals surface area contributed by atoms with E-state index in [9.17, 15) is 13.2 Å². The molecule has 0 radical (unpaired) electrons. The van der Waals surface area contributed by atoms with E-state index in [4.69, 9.17) is 5.73 Å². The van der Waals surface area contributed by atoms with Gasteiger partial charge in [-0.1, -0.05) is 0 Å². The molecular weight excluding hydrogens is 229 g/mol. The fourth-order valence-electron chi connectivity index (χ4n) is 2.62. The van der Waals surface area contributed by atoms with Crippen molar-refractivity contribution in [3.8, 4) is 0 Å². The number of nitrogens with zero attached hydrogens (tertiary/aromatic N) is 1. The maximum absolute atomic E-state index is 12.6. The molecule has 17 heavy (non-hydrogen) atoms. The van der Waals surface area contributed by atoms with Gasteiger partial charge in [-0.2, -0.15) is 13.2 Å². The Morgan fingerprint density at radius 3 is 2.53 bits per heavy atom. The third-order valence-electron chi connectivity index (χ3n) is 3.97. The van der Waals surface area contributed by atoms with Crippen molar-refractivity contribution in [1.82, 2.24) is 4.90 Å². The van der Waals surface area contributed by atoms with Gasteiger partial charge in [0.05, 0.1) is 5.92 Å². The minimum atomic E-state index is -4.03. The molecule has 2 fully saturated rings. The van der Waals surface area contributed by atoms with Crippen LogP contribution in [0.5, 0.6) is 0 Å². The number of hydrogen-bond donors (Lipinski definition) is 1. The van der Waals surface area contributed by atoms with E-state index in [1.807, 2.05) is 4.90 Å². The molecule has 2 rings (SSSR count). The van der Waals surface area contributed by atoms with Crippen LogP contribution in [0.15, 0.2) is 0 Å². The van der Waals surface area contributed by atoms with E-state index < -0.39 is 12.1 Å². The van der Waals surface area contributed by atoms with Gasteiger partial charge in [0.2, 0.25) is 0 Å². The Hall–Kier alpha value is -0.290. The maximum Gasteiger partial charge on any atom is 0.393 e. The average molecular weight is 250 g/mol. The molecule has 2 aliphatic rings. The molecule has 0 spiro atoms. The predicted molar refractivity (Wildman–Crippen MR) is 60.5 cm³/mol. The summed E-state index contributed by atoms with van der Waals surface area (Å²) in [6.07, 6.45) is 0.155. The Kier molecular flexibility index (Phi) is 3.98. The Labute approximate surface area is 100 Å².